The van der Waals surface area contributed by atoms with Crippen LogP contribution < -0.4 is 5.32 Å². The number of fused-ring (bicyclic) bond motifs is 1. The summed E-state index contributed by atoms with van der Waals surface area (Å²) in [4.78, 5) is 24.6. The second kappa shape index (κ2) is 10.1. The maximum absolute atomic E-state index is 13.5. The van der Waals surface area contributed by atoms with Gasteiger partial charge in [-0.25, -0.2) is 9.31 Å². The Bertz CT molecular complexity index is 1560. The fourth-order valence-electron chi connectivity index (χ4n) is 4.19. The van der Waals surface area contributed by atoms with Crippen LogP contribution in [0, 0.1) is 0 Å². The maximum atomic E-state index is 13.5. The molecule has 5 rings (SSSR count). The van der Waals surface area contributed by atoms with Crippen molar-refractivity contribution in [2.75, 3.05) is 0 Å². The van der Waals surface area contributed by atoms with Gasteiger partial charge in [0.15, 0.2) is 0 Å². The summed E-state index contributed by atoms with van der Waals surface area (Å²) in [6.07, 6.45) is 4.28. The fourth-order valence-corrected chi connectivity index (χ4v) is 4.40. The number of rotatable bonds is 7. The molecule has 36 heavy (non-hydrogen) atoms. The number of carbonyl (C=O) groups is 2. The quantitative estimate of drug-likeness (QED) is 0.295. The zero-order chi connectivity index (χ0) is 25.1. The van der Waals surface area contributed by atoms with Gasteiger partial charge in [-0.2, -0.15) is 5.10 Å². The Morgan fingerprint density at radius 2 is 1.67 bits per heavy atom. The third-order valence-corrected chi connectivity index (χ3v) is 6.21. The van der Waals surface area contributed by atoms with Crippen LogP contribution in [0.2, 0.25) is 5.02 Å². The van der Waals surface area contributed by atoms with Crippen molar-refractivity contribution < 1.29 is 14.7 Å². The average molecular weight is 496 g/mol. The Morgan fingerprint density at radius 1 is 0.889 bits per heavy atom. The van der Waals surface area contributed by atoms with E-state index in [2.05, 4.69) is 10.4 Å². The topological polar surface area (TPSA) is 83.7 Å². The molecule has 7 heteroatoms. The minimum atomic E-state index is -0.987. The van der Waals surface area contributed by atoms with E-state index in [1.54, 1.807) is 22.8 Å². The molecule has 3 aromatic carbocycles. The summed E-state index contributed by atoms with van der Waals surface area (Å²) >= 11 is 6.18. The molecule has 0 spiro atoms. The van der Waals surface area contributed by atoms with Crippen LogP contribution in [0.25, 0.3) is 16.6 Å². The Balaban J connectivity index is 1.51. The monoisotopic (exact) mass is 495 g/mol. The Morgan fingerprint density at radius 3 is 2.39 bits per heavy atom. The molecule has 0 saturated heterocycles. The van der Waals surface area contributed by atoms with Crippen LogP contribution in [-0.2, 0) is 13.0 Å². The van der Waals surface area contributed by atoms with E-state index in [0.29, 0.717) is 17.0 Å². The normalized spacial score (nSPS) is 10.9. The summed E-state index contributed by atoms with van der Waals surface area (Å²) in [5, 5.41) is 17.3. The van der Waals surface area contributed by atoms with Crippen LogP contribution in [0.5, 0.6) is 0 Å². The lowest BCUT2D eigenvalue weighted by Gasteiger charge is -2.12. The third-order valence-electron chi connectivity index (χ3n) is 5.98. The van der Waals surface area contributed by atoms with Crippen LogP contribution in [0.15, 0.2) is 97.3 Å². The number of aromatic carboxylic acids is 1. The van der Waals surface area contributed by atoms with Crippen molar-refractivity contribution in [3.8, 4) is 11.1 Å². The molecule has 0 unspecified atom stereocenters. The first-order chi connectivity index (χ1) is 17.5. The van der Waals surface area contributed by atoms with Crippen molar-refractivity contribution in [3.05, 3.63) is 130 Å². The van der Waals surface area contributed by atoms with E-state index in [4.69, 9.17) is 16.7 Å². The number of pyridine rings is 1. The van der Waals surface area contributed by atoms with E-state index >= 15 is 0 Å². The second-order valence-corrected chi connectivity index (χ2v) is 8.90. The van der Waals surface area contributed by atoms with Gasteiger partial charge in [0.25, 0.3) is 5.91 Å². The van der Waals surface area contributed by atoms with E-state index in [-0.39, 0.29) is 18.0 Å². The molecule has 5 aromatic rings. The van der Waals surface area contributed by atoms with Gasteiger partial charge in [-0.05, 0) is 47.0 Å². The number of carboxylic acid groups (broad SMARTS) is 1. The van der Waals surface area contributed by atoms with Gasteiger partial charge in [-0.1, -0.05) is 66.2 Å². The van der Waals surface area contributed by atoms with E-state index in [9.17, 15) is 9.59 Å². The van der Waals surface area contributed by atoms with Crippen molar-refractivity contribution in [2.45, 2.75) is 13.0 Å². The molecule has 0 atom stereocenters. The first-order valence-electron chi connectivity index (χ1n) is 11.4. The lowest BCUT2D eigenvalue weighted by atomic mass is 10.0. The Hall–Kier alpha value is -4.42. The summed E-state index contributed by atoms with van der Waals surface area (Å²) in [6.45, 7) is 0.262. The largest absolute Gasteiger partial charge is 0.478 e. The van der Waals surface area contributed by atoms with Gasteiger partial charge < -0.3 is 10.4 Å². The molecule has 0 aliphatic rings. The molecular weight excluding hydrogens is 474 g/mol. The number of carboxylic acids is 1. The molecule has 6 nitrogen and oxygen atoms in total. The molecule has 1 amide bonds. The van der Waals surface area contributed by atoms with Crippen molar-refractivity contribution in [1.82, 2.24) is 14.9 Å². The highest BCUT2D eigenvalue weighted by atomic mass is 35.5. The zero-order valence-corrected chi connectivity index (χ0v) is 19.9. The predicted octanol–water partition coefficient (Wildman–Crippen LogP) is 5.87. The zero-order valence-electron chi connectivity index (χ0n) is 19.2. The number of aromatic nitrogens is 2. The summed E-state index contributed by atoms with van der Waals surface area (Å²) < 4.78 is 1.75. The number of halogens is 1. The highest BCUT2D eigenvalue weighted by Gasteiger charge is 2.18. The van der Waals surface area contributed by atoms with Crippen molar-refractivity contribution in [1.29, 1.82) is 0 Å². The molecule has 178 valence electrons. The van der Waals surface area contributed by atoms with Gasteiger partial charge in [-0.15, -0.1) is 0 Å². The standard InChI is InChI=1S/C29H22ClN3O3/c30-25-8-4-5-20(14-25)13-23-17-32-33-18-24(21-6-2-1-3-7-21)15-26(27(23)33)28(34)31-16-19-9-11-22(12-10-19)29(35)36/h1-12,14-15,17-18H,13,16H2,(H,31,34)(H,35,36). The van der Waals surface area contributed by atoms with Crippen LogP contribution in [-0.4, -0.2) is 26.6 Å². The van der Waals surface area contributed by atoms with Gasteiger partial charge in [0.2, 0.25) is 0 Å². The van der Waals surface area contributed by atoms with Crippen LogP contribution in [0.3, 0.4) is 0 Å². The first-order valence-corrected chi connectivity index (χ1v) is 11.8. The number of carbonyl (C=O) groups excluding carboxylic acids is 1. The van der Waals surface area contributed by atoms with Crippen LogP contribution in [0.1, 0.15) is 37.4 Å². The minimum absolute atomic E-state index is 0.201. The Labute approximate surface area is 212 Å². The molecule has 0 saturated carbocycles. The summed E-state index contributed by atoms with van der Waals surface area (Å²) in [7, 11) is 0. The number of nitrogens with one attached hydrogen (secondary N) is 1. The predicted molar refractivity (Wildman–Crippen MR) is 139 cm³/mol. The van der Waals surface area contributed by atoms with Gasteiger partial charge in [-0.3, -0.25) is 4.79 Å². The van der Waals surface area contributed by atoms with Gasteiger partial charge in [0.05, 0.1) is 22.8 Å². The first kappa shape index (κ1) is 23.3. The minimum Gasteiger partial charge on any atom is -0.478 e. The van der Waals surface area contributed by atoms with E-state index in [0.717, 1.165) is 33.3 Å². The molecular formula is C29H22ClN3O3. The van der Waals surface area contributed by atoms with Crippen molar-refractivity contribution in [2.24, 2.45) is 0 Å². The number of benzene rings is 3. The van der Waals surface area contributed by atoms with Crippen LogP contribution >= 0.6 is 11.6 Å². The smallest absolute Gasteiger partial charge is 0.335 e. The summed E-state index contributed by atoms with van der Waals surface area (Å²) in [5.74, 6) is -1.23. The molecule has 0 fully saturated rings. The summed E-state index contributed by atoms with van der Waals surface area (Å²) in [6, 6.07) is 25.8. The highest BCUT2D eigenvalue weighted by Crippen LogP contribution is 2.27. The molecule has 0 bridgehead atoms. The van der Waals surface area contributed by atoms with E-state index in [1.807, 2.05) is 66.9 Å². The lowest BCUT2D eigenvalue weighted by Crippen LogP contribution is -2.23. The maximum Gasteiger partial charge on any atom is 0.335 e. The fraction of sp³-hybridized carbons (Fsp3) is 0.0690. The number of nitrogens with zero attached hydrogens (tertiary/aromatic N) is 2. The Kier molecular flexibility index (Phi) is 6.52. The molecule has 2 heterocycles. The number of amides is 1. The van der Waals surface area contributed by atoms with Gasteiger partial charge in [0, 0.05) is 35.3 Å². The third kappa shape index (κ3) is 4.99. The molecule has 2 aromatic heterocycles. The number of hydrogen-bond acceptors (Lipinski definition) is 3. The second-order valence-electron chi connectivity index (χ2n) is 8.46. The average Bonchev–Trinajstić information content (AvgIpc) is 3.30. The lowest BCUT2D eigenvalue weighted by molar-refractivity contribution is 0.0696. The summed E-state index contributed by atoms with van der Waals surface area (Å²) in [5.41, 5.74) is 6.02. The van der Waals surface area contributed by atoms with Crippen molar-refractivity contribution in [3.63, 3.8) is 0 Å². The van der Waals surface area contributed by atoms with E-state index in [1.165, 1.54) is 12.1 Å². The SMILES string of the molecule is O=C(O)c1ccc(CNC(=O)c2cc(-c3ccccc3)cn3ncc(Cc4cccc(Cl)c4)c23)cc1. The highest BCUT2D eigenvalue weighted by molar-refractivity contribution is 6.30. The molecule has 2 N–H and O–H groups in total. The van der Waals surface area contributed by atoms with E-state index < -0.39 is 5.97 Å². The number of hydrogen-bond donors (Lipinski definition) is 2. The van der Waals surface area contributed by atoms with Crippen LogP contribution in [0.4, 0.5) is 0 Å². The van der Waals surface area contributed by atoms with Crippen molar-refractivity contribution >= 4 is 29.0 Å². The molecule has 0 aliphatic carbocycles. The molecule has 0 radical (unpaired) electrons. The molecule has 0 aliphatic heterocycles. The van der Waals surface area contributed by atoms with Gasteiger partial charge >= 0.3 is 5.97 Å². The van der Waals surface area contributed by atoms with Gasteiger partial charge in [0.1, 0.15) is 0 Å².